The van der Waals surface area contributed by atoms with Gasteiger partial charge in [-0.25, -0.2) is 22.0 Å². The number of hydrogen-bond acceptors (Lipinski definition) is 3. The fraction of sp³-hybridized carbons (Fsp3) is 0. The maximum Gasteiger partial charge on any atom is 0.278 e. The Morgan fingerprint density at radius 3 is 1.65 bits per heavy atom. The van der Waals surface area contributed by atoms with Gasteiger partial charge in [0.05, 0.1) is 0 Å². The molecule has 0 fully saturated rings. The van der Waals surface area contributed by atoms with Crippen LogP contribution in [0.25, 0.3) is 11.5 Å². The van der Waals surface area contributed by atoms with E-state index in [2.05, 4.69) is 14.6 Å². The first-order valence-corrected chi connectivity index (χ1v) is 5.02. The van der Waals surface area contributed by atoms with Gasteiger partial charge in [0.15, 0.2) is 23.3 Å². The fourth-order valence-corrected chi connectivity index (χ4v) is 1.42. The topological polar surface area (TPSA) is 38.9 Å². The van der Waals surface area contributed by atoms with Gasteiger partial charge in [0.25, 0.3) is 9.79 Å². The van der Waals surface area contributed by atoms with Crippen molar-refractivity contribution in [3.8, 4) is 11.5 Å². The highest BCUT2D eigenvalue weighted by atomic mass is 127. The summed E-state index contributed by atoms with van der Waals surface area (Å²) < 4.78 is 69.4. The van der Waals surface area contributed by atoms with Crippen LogP contribution in [0.2, 0.25) is 0 Å². The minimum atomic E-state index is -2.24. The molecule has 3 nitrogen and oxygen atoms in total. The van der Waals surface area contributed by atoms with Gasteiger partial charge < -0.3 is 4.42 Å². The summed E-state index contributed by atoms with van der Waals surface area (Å²) in [7, 11) is 0. The molecule has 0 saturated heterocycles. The van der Waals surface area contributed by atoms with Crippen molar-refractivity contribution >= 4 is 22.6 Å². The Labute approximate surface area is 104 Å². The SMILES string of the molecule is Fc1c(F)c(F)c(-c2nnc(I)o2)c(F)c1F. The molecule has 90 valence electrons. The van der Waals surface area contributed by atoms with Crippen LogP contribution in [0.15, 0.2) is 4.42 Å². The molecule has 9 heteroatoms. The van der Waals surface area contributed by atoms with Crippen LogP contribution < -0.4 is 0 Å². The Hall–Kier alpha value is -1.26. The second-order valence-corrected chi connectivity index (χ2v) is 3.73. The Morgan fingerprint density at radius 2 is 1.24 bits per heavy atom. The maximum atomic E-state index is 13.2. The average molecular weight is 362 g/mol. The van der Waals surface area contributed by atoms with E-state index in [0.29, 0.717) is 0 Å². The number of aromatic nitrogens is 2. The zero-order valence-electron chi connectivity index (χ0n) is 7.57. The van der Waals surface area contributed by atoms with Crippen LogP contribution in [0.3, 0.4) is 0 Å². The molecule has 17 heavy (non-hydrogen) atoms. The molecule has 0 aliphatic rings. The summed E-state index contributed by atoms with van der Waals surface area (Å²) in [5.74, 6) is -11.2. The summed E-state index contributed by atoms with van der Waals surface area (Å²) in [6.07, 6.45) is 0. The first-order valence-electron chi connectivity index (χ1n) is 3.94. The van der Waals surface area contributed by atoms with Gasteiger partial charge in [-0.05, 0) is 0 Å². The molecule has 0 N–H and O–H groups in total. The molecule has 0 bridgehead atoms. The van der Waals surface area contributed by atoms with Crippen molar-refractivity contribution in [2.24, 2.45) is 0 Å². The van der Waals surface area contributed by atoms with Crippen LogP contribution in [0.5, 0.6) is 0 Å². The van der Waals surface area contributed by atoms with Gasteiger partial charge in [0.2, 0.25) is 5.82 Å². The van der Waals surface area contributed by atoms with Gasteiger partial charge in [-0.3, -0.25) is 0 Å². The molecule has 0 atom stereocenters. The Bertz CT molecular complexity index is 571. The number of hydrogen-bond donors (Lipinski definition) is 0. The van der Waals surface area contributed by atoms with E-state index in [1.54, 1.807) is 0 Å². The zero-order valence-corrected chi connectivity index (χ0v) is 9.73. The fourth-order valence-electron chi connectivity index (χ4n) is 1.10. The van der Waals surface area contributed by atoms with Crippen molar-refractivity contribution in [2.75, 3.05) is 0 Å². The number of benzene rings is 1. The van der Waals surface area contributed by atoms with E-state index >= 15 is 0 Å². The van der Waals surface area contributed by atoms with Crippen molar-refractivity contribution in [3.05, 3.63) is 33.0 Å². The van der Waals surface area contributed by atoms with Gasteiger partial charge in [0, 0.05) is 22.6 Å². The van der Waals surface area contributed by atoms with E-state index < -0.39 is 40.5 Å². The number of nitrogens with zero attached hydrogens (tertiary/aromatic N) is 2. The van der Waals surface area contributed by atoms with E-state index in [1.807, 2.05) is 0 Å². The van der Waals surface area contributed by atoms with E-state index in [-0.39, 0.29) is 3.90 Å². The lowest BCUT2D eigenvalue weighted by molar-refractivity contribution is 0.378. The predicted molar refractivity (Wildman–Crippen MR) is 52.2 cm³/mol. The standard InChI is InChI=1S/C8F5IN2O/c9-2-1(7-15-16-8(14)17-7)3(10)5(12)6(13)4(2)11. The lowest BCUT2D eigenvalue weighted by Crippen LogP contribution is -2.04. The first kappa shape index (κ1) is 12.2. The smallest absolute Gasteiger partial charge is 0.278 e. The van der Waals surface area contributed by atoms with E-state index in [0.717, 1.165) is 0 Å². The summed E-state index contributed by atoms with van der Waals surface area (Å²) in [5, 5.41) is 6.41. The highest BCUT2D eigenvalue weighted by molar-refractivity contribution is 14.1. The lowest BCUT2D eigenvalue weighted by atomic mass is 10.1. The highest BCUT2D eigenvalue weighted by Gasteiger charge is 2.29. The molecular weight excluding hydrogens is 362 g/mol. The van der Waals surface area contributed by atoms with Crippen molar-refractivity contribution in [1.82, 2.24) is 10.2 Å². The van der Waals surface area contributed by atoms with Gasteiger partial charge in [0.1, 0.15) is 5.56 Å². The summed E-state index contributed by atoms with van der Waals surface area (Å²) in [6, 6.07) is 0. The normalized spacial score (nSPS) is 10.9. The number of halogens is 6. The molecule has 0 radical (unpaired) electrons. The molecule has 0 aliphatic heterocycles. The molecule has 0 unspecified atom stereocenters. The largest absolute Gasteiger partial charge is 0.411 e. The summed E-state index contributed by atoms with van der Waals surface area (Å²) in [5.41, 5.74) is -1.24. The zero-order chi connectivity index (χ0) is 12.7. The van der Waals surface area contributed by atoms with Crippen molar-refractivity contribution in [2.45, 2.75) is 0 Å². The summed E-state index contributed by atoms with van der Waals surface area (Å²) in [6.45, 7) is 0. The monoisotopic (exact) mass is 362 g/mol. The molecule has 0 aliphatic carbocycles. The summed E-state index contributed by atoms with van der Waals surface area (Å²) >= 11 is 1.53. The molecule has 1 aromatic carbocycles. The van der Waals surface area contributed by atoms with E-state index in [9.17, 15) is 22.0 Å². The molecule has 2 rings (SSSR count). The second kappa shape index (κ2) is 4.20. The van der Waals surface area contributed by atoms with Crippen LogP contribution in [0.1, 0.15) is 0 Å². The Balaban J connectivity index is 2.78. The molecular formula is C8F5IN2O. The van der Waals surface area contributed by atoms with Gasteiger partial charge in [-0.15, -0.1) is 10.2 Å². The second-order valence-electron chi connectivity index (χ2n) is 2.81. The van der Waals surface area contributed by atoms with Crippen LogP contribution in [-0.4, -0.2) is 10.2 Å². The Kier molecular flexibility index (Phi) is 3.02. The van der Waals surface area contributed by atoms with Crippen molar-refractivity contribution in [3.63, 3.8) is 0 Å². The van der Waals surface area contributed by atoms with Crippen LogP contribution in [0, 0.1) is 33.0 Å². The predicted octanol–water partition coefficient (Wildman–Crippen LogP) is 3.04. The van der Waals surface area contributed by atoms with Crippen molar-refractivity contribution < 1.29 is 26.4 Å². The van der Waals surface area contributed by atoms with Crippen molar-refractivity contribution in [1.29, 1.82) is 0 Å². The highest BCUT2D eigenvalue weighted by Crippen LogP contribution is 2.30. The van der Waals surface area contributed by atoms with Gasteiger partial charge >= 0.3 is 0 Å². The lowest BCUT2D eigenvalue weighted by Gasteiger charge is -2.03. The van der Waals surface area contributed by atoms with Crippen LogP contribution >= 0.6 is 22.6 Å². The first-order chi connectivity index (χ1) is 7.93. The van der Waals surface area contributed by atoms with Gasteiger partial charge in [-0.2, -0.15) is 0 Å². The molecule has 0 saturated carbocycles. The summed E-state index contributed by atoms with van der Waals surface area (Å²) in [4.78, 5) is 0. The molecule has 1 aromatic heterocycles. The maximum absolute atomic E-state index is 13.2. The Morgan fingerprint density at radius 1 is 0.765 bits per heavy atom. The third-order valence-corrected chi connectivity index (χ3v) is 2.26. The minimum Gasteiger partial charge on any atom is -0.411 e. The molecule has 1 heterocycles. The van der Waals surface area contributed by atoms with E-state index in [1.165, 1.54) is 22.6 Å². The molecule has 0 spiro atoms. The van der Waals surface area contributed by atoms with Crippen LogP contribution in [-0.2, 0) is 0 Å². The van der Waals surface area contributed by atoms with Crippen LogP contribution in [0.4, 0.5) is 22.0 Å². The quantitative estimate of drug-likeness (QED) is 0.339. The van der Waals surface area contributed by atoms with Gasteiger partial charge in [-0.1, -0.05) is 0 Å². The molecule has 2 aromatic rings. The minimum absolute atomic E-state index is 0.0958. The van der Waals surface area contributed by atoms with E-state index in [4.69, 9.17) is 0 Å². The third-order valence-electron chi connectivity index (χ3n) is 1.82. The third kappa shape index (κ3) is 1.87. The average Bonchev–Trinajstić information content (AvgIpc) is 2.71. The molecule has 0 amide bonds. The number of rotatable bonds is 1.